The van der Waals surface area contributed by atoms with Gasteiger partial charge in [-0.15, -0.1) is 0 Å². The summed E-state index contributed by atoms with van der Waals surface area (Å²) in [6.07, 6.45) is -2.15. The topological polar surface area (TPSA) is 47.9 Å². The van der Waals surface area contributed by atoms with Gasteiger partial charge in [0.1, 0.15) is 11.9 Å². The number of allylic oxidation sites excluding steroid dienone is 1. The Bertz CT molecular complexity index is 645. The average molecular weight is 353 g/mol. The molecule has 0 bridgehead atoms. The van der Waals surface area contributed by atoms with Crippen molar-refractivity contribution in [3.63, 3.8) is 0 Å². The van der Waals surface area contributed by atoms with Crippen LogP contribution in [0.25, 0.3) is 0 Å². The largest absolute Gasteiger partial charge is 0.416 e. The molecule has 0 radical (unpaired) electrons. The van der Waals surface area contributed by atoms with Crippen molar-refractivity contribution < 1.29 is 18.3 Å². The molecule has 0 saturated carbocycles. The molecule has 2 N–H and O–H groups in total. The maximum absolute atomic E-state index is 12.7. The van der Waals surface area contributed by atoms with Crippen molar-refractivity contribution in [1.82, 2.24) is 10.2 Å². The number of aliphatic imine (C=N–C) groups is 1. The minimum Gasteiger partial charge on any atom is -0.384 e. The lowest BCUT2D eigenvalue weighted by atomic mass is 9.99. The number of rotatable bonds is 4. The van der Waals surface area contributed by atoms with Crippen LogP contribution in [0.4, 0.5) is 13.2 Å². The van der Waals surface area contributed by atoms with E-state index in [4.69, 9.17) is 0 Å². The van der Waals surface area contributed by atoms with Crippen LogP contribution < -0.4 is 5.32 Å². The van der Waals surface area contributed by atoms with Crippen LogP contribution in [0, 0.1) is 0 Å². The molecule has 25 heavy (non-hydrogen) atoms. The summed E-state index contributed by atoms with van der Waals surface area (Å²) in [7, 11) is 0. The number of nitrogens with zero attached hydrogens (tertiary/aromatic N) is 2. The number of hydrogen-bond acceptors (Lipinski definition) is 3. The molecule has 1 aliphatic heterocycles. The van der Waals surface area contributed by atoms with Crippen LogP contribution in [-0.2, 0) is 6.18 Å². The predicted octanol–water partition coefficient (Wildman–Crippen LogP) is 3.13. The molecule has 1 saturated heterocycles. The van der Waals surface area contributed by atoms with Gasteiger partial charge in [0.05, 0.1) is 5.56 Å². The molecule has 0 spiro atoms. The molecule has 1 aromatic rings. The molecule has 1 fully saturated rings. The smallest absolute Gasteiger partial charge is 0.384 e. The highest BCUT2D eigenvalue weighted by molar-refractivity contribution is 5.99. The van der Waals surface area contributed by atoms with Gasteiger partial charge in [0, 0.05) is 38.0 Å². The van der Waals surface area contributed by atoms with Crippen LogP contribution in [0.3, 0.4) is 0 Å². The van der Waals surface area contributed by atoms with Gasteiger partial charge in [0.2, 0.25) is 0 Å². The van der Waals surface area contributed by atoms with E-state index in [9.17, 15) is 18.3 Å². The maximum Gasteiger partial charge on any atom is 0.416 e. The van der Waals surface area contributed by atoms with Crippen molar-refractivity contribution >= 4 is 5.84 Å². The van der Waals surface area contributed by atoms with E-state index in [1.807, 2.05) is 11.8 Å². The lowest BCUT2D eigenvalue weighted by Crippen LogP contribution is -2.47. The predicted molar refractivity (Wildman–Crippen MR) is 92.2 cm³/mol. The average Bonchev–Trinajstić information content (AvgIpc) is 2.61. The zero-order chi connectivity index (χ0) is 18.4. The van der Waals surface area contributed by atoms with E-state index in [-0.39, 0.29) is 0 Å². The van der Waals surface area contributed by atoms with E-state index in [1.54, 1.807) is 12.3 Å². The number of aliphatic hydroxyl groups excluding tert-OH is 1. The van der Waals surface area contributed by atoms with Crippen LogP contribution >= 0.6 is 0 Å². The first-order valence-corrected chi connectivity index (χ1v) is 8.03. The van der Waals surface area contributed by atoms with Crippen LogP contribution in [0.5, 0.6) is 0 Å². The van der Waals surface area contributed by atoms with E-state index in [0.29, 0.717) is 17.0 Å². The highest BCUT2D eigenvalue weighted by Crippen LogP contribution is 2.31. The van der Waals surface area contributed by atoms with Crippen molar-refractivity contribution in [3.8, 4) is 0 Å². The number of halogens is 3. The van der Waals surface area contributed by atoms with Crippen LogP contribution in [0.1, 0.15) is 24.2 Å². The van der Waals surface area contributed by atoms with Gasteiger partial charge in [0.25, 0.3) is 0 Å². The third-order valence-electron chi connectivity index (χ3n) is 3.93. The molecular weight excluding hydrogens is 331 g/mol. The fraction of sp³-hybridized carbons (Fsp3) is 0.389. The van der Waals surface area contributed by atoms with Crippen molar-refractivity contribution in [2.75, 3.05) is 26.2 Å². The van der Waals surface area contributed by atoms with Gasteiger partial charge >= 0.3 is 6.18 Å². The molecule has 0 aliphatic carbocycles. The molecule has 0 amide bonds. The summed E-state index contributed by atoms with van der Waals surface area (Å²) >= 11 is 0. The first kappa shape index (κ1) is 19.2. The van der Waals surface area contributed by atoms with E-state index in [0.717, 1.165) is 38.3 Å². The van der Waals surface area contributed by atoms with E-state index < -0.39 is 17.8 Å². The summed E-state index contributed by atoms with van der Waals surface area (Å²) in [5, 5.41) is 13.8. The summed E-state index contributed by atoms with van der Waals surface area (Å²) in [6.45, 7) is 8.77. The van der Waals surface area contributed by atoms with Crippen LogP contribution in [0.2, 0.25) is 0 Å². The molecule has 2 rings (SSSR count). The number of benzene rings is 1. The number of amidine groups is 1. The molecule has 1 atom stereocenters. The Balaban J connectivity index is 2.22. The minimum atomic E-state index is -4.40. The normalized spacial score (nSPS) is 17.8. The van der Waals surface area contributed by atoms with E-state index in [1.165, 1.54) is 12.1 Å². The van der Waals surface area contributed by atoms with Crippen molar-refractivity contribution in [1.29, 1.82) is 0 Å². The molecule has 1 heterocycles. The highest BCUT2D eigenvalue weighted by atomic mass is 19.4. The van der Waals surface area contributed by atoms with Gasteiger partial charge in [-0.2, -0.15) is 13.2 Å². The fourth-order valence-corrected chi connectivity index (χ4v) is 2.57. The van der Waals surface area contributed by atoms with Gasteiger partial charge in [-0.25, -0.2) is 4.99 Å². The molecular formula is C18H22F3N3O. The Hall–Kier alpha value is -2.12. The van der Waals surface area contributed by atoms with Crippen LogP contribution in [0.15, 0.2) is 53.7 Å². The Morgan fingerprint density at radius 3 is 2.40 bits per heavy atom. The van der Waals surface area contributed by atoms with Gasteiger partial charge in [-0.3, -0.25) is 0 Å². The summed E-state index contributed by atoms with van der Waals surface area (Å²) in [5.74, 6) is 0.548. The van der Waals surface area contributed by atoms with Gasteiger partial charge in [0.15, 0.2) is 0 Å². The second-order valence-electron chi connectivity index (χ2n) is 5.72. The molecule has 7 heteroatoms. The zero-order valence-electron chi connectivity index (χ0n) is 14.1. The third kappa shape index (κ3) is 4.93. The second-order valence-corrected chi connectivity index (χ2v) is 5.72. The molecule has 1 aromatic carbocycles. The monoisotopic (exact) mass is 353 g/mol. The lowest BCUT2D eigenvalue weighted by molar-refractivity contribution is -0.137. The molecule has 1 aliphatic rings. The highest BCUT2D eigenvalue weighted by Gasteiger charge is 2.30. The standard InChI is InChI=1S/C18H22F3N3O/c1-3-8-23-17(24-11-9-22-10-12-24)13(2)16(25)14-4-6-15(7-5-14)18(19,20)21/h3-8,16,22,25H,2,9-12H2,1H3/b8-3-,23-17+. The molecule has 0 aromatic heterocycles. The summed E-state index contributed by atoms with van der Waals surface area (Å²) in [5.41, 5.74) is -0.0416. The number of hydrogen-bond donors (Lipinski definition) is 2. The molecule has 4 nitrogen and oxygen atoms in total. The number of piperazine rings is 1. The third-order valence-corrected chi connectivity index (χ3v) is 3.93. The van der Waals surface area contributed by atoms with Crippen molar-refractivity contribution in [2.24, 2.45) is 4.99 Å². The first-order chi connectivity index (χ1) is 11.8. The summed E-state index contributed by atoms with van der Waals surface area (Å²) in [6, 6.07) is 4.45. The molecule has 136 valence electrons. The Labute approximate surface area is 145 Å². The quantitative estimate of drug-likeness (QED) is 0.646. The Kier molecular flexibility index (Phi) is 6.39. The number of nitrogens with one attached hydrogen (secondary N) is 1. The van der Waals surface area contributed by atoms with Gasteiger partial charge in [-0.05, 0) is 24.6 Å². The summed E-state index contributed by atoms with van der Waals surface area (Å²) in [4.78, 5) is 6.37. The van der Waals surface area contributed by atoms with Crippen molar-refractivity contribution in [3.05, 3.63) is 59.8 Å². The number of aliphatic hydroxyl groups is 1. The first-order valence-electron chi connectivity index (χ1n) is 8.03. The SMILES string of the molecule is C=C(/C(=N\C=C/C)N1CCNCC1)C(O)c1ccc(C(F)(F)F)cc1. The number of alkyl halides is 3. The minimum absolute atomic E-state index is 0.348. The van der Waals surface area contributed by atoms with Gasteiger partial charge in [-0.1, -0.05) is 24.8 Å². The van der Waals surface area contributed by atoms with E-state index >= 15 is 0 Å². The lowest BCUT2D eigenvalue weighted by Gasteiger charge is -2.32. The van der Waals surface area contributed by atoms with Crippen LogP contribution in [-0.4, -0.2) is 42.0 Å². The fourth-order valence-electron chi connectivity index (χ4n) is 2.57. The maximum atomic E-state index is 12.7. The molecule has 1 unspecified atom stereocenters. The summed E-state index contributed by atoms with van der Waals surface area (Å²) < 4.78 is 38.0. The second kappa shape index (κ2) is 8.31. The van der Waals surface area contributed by atoms with E-state index in [2.05, 4.69) is 16.9 Å². The Morgan fingerprint density at radius 1 is 1.28 bits per heavy atom. The van der Waals surface area contributed by atoms with Crippen molar-refractivity contribution in [2.45, 2.75) is 19.2 Å². The van der Waals surface area contributed by atoms with Gasteiger partial charge < -0.3 is 15.3 Å². The Morgan fingerprint density at radius 2 is 1.88 bits per heavy atom. The zero-order valence-corrected chi connectivity index (χ0v) is 14.1.